The molecule has 0 saturated carbocycles. The first-order valence-electron chi connectivity index (χ1n) is 12.6. The molecule has 0 unspecified atom stereocenters. The van der Waals surface area contributed by atoms with E-state index < -0.39 is 0 Å². The monoisotopic (exact) mass is 702 g/mol. The molecule has 0 saturated heterocycles. The molecule has 3 heterocycles. The van der Waals surface area contributed by atoms with Crippen LogP contribution in [0.15, 0.2) is 120 Å². The summed E-state index contributed by atoms with van der Waals surface area (Å²) in [6.07, 6.45) is 5.74. The van der Waals surface area contributed by atoms with Gasteiger partial charge in [0, 0.05) is 55.4 Å². The molecule has 0 radical (unpaired) electrons. The average Bonchev–Trinajstić information content (AvgIpc) is 3.58. The third kappa shape index (κ3) is 4.83. The molecule has 200 valence electrons. The Kier molecular flexibility index (Phi) is 7.02. The fraction of sp³-hybridized carbons (Fsp3) is 0.0303. The molecular weight excluding hydrogens is 679 g/mol. The van der Waals surface area contributed by atoms with Gasteiger partial charge in [0.15, 0.2) is 0 Å². The van der Waals surface area contributed by atoms with Gasteiger partial charge in [-0.1, -0.05) is 47.9 Å². The third-order valence-electron chi connectivity index (χ3n) is 6.50. The first-order chi connectivity index (χ1) is 19.2. The van der Waals surface area contributed by atoms with Gasteiger partial charge in [-0.25, -0.2) is 4.98 Å². The number of nitrogens with zero attached hydrogens (tertiary/aromatic N) is 4. The van der Waals surface area contributed by atoms with E-state index in [1.807, 2.05) is 132 Å². The number of para-hydroxylation sites is 2. The van der Waals surface area contributed by atoms with Crippen LogP contribution in [0, 0.1) is 18.8 Å². The standard InChI is InChI=1S/C33H23N4O2.Pt/c1-35-18-19-36(23-35)25-12-9-13-26(20-25)38-27-21-29-28-14-5-6-15-31(28)39-33(29)30(22-27)37(24-10-3-2-4-11-24)32-16-7-8-17-34-32;/h2-19,21,23H,1H3;/q-3;. The van der Waals surface area contributed by atoms with Crippen molar-refractivity contribution in [2.45, 2.75) is 0 Å². The fourth-order valence-electron chi connectivity index (χ4n) is 4.73. The molecule has 7 rings (SSSR count). The molecule has 1 aliphatic rings. The number of pyridine rings is 1. The van der Waals surface area contributed by atoms with Crippen molar-refractivity contribution in [2.24, 2.45) is 0 Å². The Bertz CT molecular complexity index is 1760. The molecule has 0 bridgehead atoms. The Morgan fingerprint density at radius 3 is 2.45 bits per heavy atom. The van der Waals surface area contributed by atoms with Crippen LogP contribution in [0.5, 0.6) is 11.5 Å². The van der Waals surface area contributed by atoms with Crippen molar-refractivity contribution in [3.63, 3.8) is 0 Å². The van der Waals surface area contributed by atoms with Gasteiger partial charge in [0.25, 0.3) is 0 Å². The largest absolute Gasteiger partial charge is 0.513 e. The molecule has 6 aromatic rings. The maximum Gasteiger partial charge on any atom is 0.135 e. The molecule has 0 amide bonds. The van der Waals surface area contributed by atoms with Gasteiger partial charge in [0.1, 0.15) is 11.4 Å². The number of rotatable bonds is 6. The van der Waals surface area contributed by atoms with Gasteiger partial charge in [-0.2, -0.15) is 12.7 Å². The molecule has 4 aromatic carbocycles. The Balaban J connectivity index is 0.00000289. The van der Waals surface area contributed by atoms with Gasteiger partial charge in [0.05, 0.1) is 0 Å². The van der Waals surface area contributed by atoms with E-state index in [1.165, 1.54) is 0 Å². The zero-order valence-electron chi connectivity index (χ0n) is 21.5. The van der Waals surface area contributed by atoms with E-state index in [1.54, 1.807) is 6.20 Å². The summed E-state index contributed by atoms with van der Waals surface area (Å²) in [5, 5.41) is 1.93. The van der Waals surface area contributed by atoms with Crippen LogP contribution in [-0.4, -0.2) is 16.9 Å². The number of furan rings is 1. The number of ether oxygens (including phenoxy) is 1. The van der Waals surface area contributed by atoms with Crippen molar-refractivity contribution in [1.82, 2.24) is 9.88 Å². The van der Waals surface area contributed by atoms with Gasteiger partial charge >= 0.3 is 0 Å². The van der Waals surface area contributed by atoms with Crippen molar-refractivity contribution in [3.8, 4) is 11.5 Å². The zero-order valence-corrected chi connectivity index (χ0v) is 23.7. The molecule has 40 heavy (non-hydrogen) atoms. The minimum Gasteiger partial charge on any atom is -0.513 e. The van der Waals surface area contributed by atoms with Gasteiger partial charge in [0.2, 0.25) is 0 Å². The minimum atomic E-state index is 0. The smallest absolute Gasteiger partial charge is 0.135 e. The average molecular weight is 703 g/mol. The summed E-state index contributed by atoms with van der Waals surface area (Å²) in [5.41, 5.74) is 4.01. The second kappa shape index (κ2) is 10.9. The van der Waals surface area contributed by atoms with Crippen molar-refractivity contribution in [3.05, 3.63) is 134 Å². The number of fused-ring (bicyclic) bond motifs is 3. The van der Waals surface area contributed by atoms with E-state index in [4.69, 9.17) is 9.15 Å². The molecule has 0 atom stereocenters. The molecule has 0 aliphatic carbocycles. The quantitative estimate of drug-likeness (QED) is 0.163. The predicted octanol–water partition coefficient (Wildman–Crippen LogP) is 8.18. The first kappa shape index (κ1) is 25.7. The summed E-state index contributed by atoms with van der Waals surface area (Å²) in [4.78, 5) is 10.7. The summed E-state index contributed by atoms with van der Waals surface area (Å²) in [6, 6.07) is 38.6. The molecule has 0 N–H and O–H groups in total. The molecule has 0 fully saturated rings. The number of aromatic nitrogens is 1. The summed E-state index contributed by atoms with van der Waals surface area (Å²) < 4.78 is 12.8. The number of hydrogen-bond donors (Lipinski definition) is 0. The van der Waals surface area contributed by atoms with Crippen molar-refractivity contribution in [2.75, 3.05) is 16.8 Å². The summed E-state index contributed by atoms with van der Waals surface area (Å²) >= 11 is 0. The van der Waals surface area contributed by atoms with E-state index in [-0.39, 0.29) is 21.1 Å². The second-order valence-electron chi connectivity index (χ2n) is 9.17. The van der Waals surface area contributed by atoms with Crippen LogP contribution in [0.25, 0.3) is 21.9 Å². The Labute approximate surface area is 247 Å². The number of anilines is 4. The van der Waals surface area contributed by atoms with Gasteiger partial charge in [-0.3, -0.25) is 0 Å². The van der Waals surface area contributed by atoms with Crippen LogP contribution in [0.4, 0.5) is 22.9 Å². The number of hydrogen-bond acceptors (Lipinski definition) is 6. The van der Waals surface area contributed by atoms with Crippen LogP contribution in [0.3, 0.4) is 0 Å². The summed E-state index contributed by atoms with van der Waals surface area (Å²) in [5.74, 6) is 1.88. The third-order valence-corrected chi connectivity index (χ3v) is 6.50. The maximum atomic E-state index is 6.42. The minimum absolute atomic E-state index is 0. The topological polar surface area (TPSA) is 45.0 Å². The van der Waals surface area contributed by atoms with Gasteiger partial charge < -0.3 is 23.9 Å². The first-order valence-corrected chi connectivity index (χ1v) is 12.6. The molecular formula is C33H23N4O2Pt-3. The van der Waals surface area contributed by atoms with Crippen LogP contribution in [0.1, 0.15) is 0 Å². The van der Waals surface area contributed by atoms with Crippen LogP contribution >= 0.6 is 0 Å². The summed E-state index contributed by atoms with van der Waals surface area (Å²) in [6.45, 7) is 1.98. The predicted molar refractivity (Wildman–Crippen MR) is 154 cm³/mol. The van der Waals surface area contributed by atoms with Crippen molar-refractivity contribution in [1.29, 1.82) is 0 Å². The van der Waals surface area contributed by atoms with E-state index >= 15 is 0 Å². The molecule has 2 aromatic heterocycles. The van der Waals surface area contributed by atoms with Crippen LogP contribution in [-0.2, 0) is 21.1 Å². The second-order valence-corrected chi connectivity index (χ2v) is 9.17. The number of benzene rings is 4. The molecule has 1 aliphatic heterocycles. The van der Waals surface area contributed by atoms with Gasteiger partial charge in [-0.05, 0) is 55.5 Å². The maximum absolute atomic E-state index is 6.42. The van der Waals surface area contributed by atoms with Crippen molar-refractivity contribution >= 4 is 44.8 Å². The Hall–Kier alpha value is -4.54. The molecule has 7 heteroatoms. The summed E-state index contributed by atoms with van der Waals surface area (Å²) in [7, 11) is 1.98. The van der Waals surface area contributed by atoms with Crippen molar-refractivity contribution < 1.29 is 30.2 Å². The van der Waals surface area contributed by atoms with E-state index in [0.717, 1.165) is 33.5 Å². The Morgan fingerprint density at radius 1 is 0.825 bits per heavy atom. The van der Waals surface area contributed by atoms with E-state index in [0.29, 0.717) is 22.8 Å². The molecule has 0 spiro atoms. The molecule has 6 nitrogen and oxygen atoms in total. The Morgan fingerprint density at radius 2 is 1.65 bits per heavy atom. The van der Waals surface area contributed by atoms with Crippen LogP contribution in [0.2, 0.25) is 0 Å². The van der Waals surface area contributed by atoms with Gasteiger partial charge in [-0.15, -0.1) is 36.0 Å². The fourth-order valence-corrected chi connectivity index (χ4v) is 4.73. The normalized spacial score (nSPS) is 12.6. The van der Waals surface area contributed by atoms with E-state index in [9.17, 15) is 0 Å². The van der Waals surface area contributed by atoms with Crippen LogP contribution < -0.4 is 14.5 Å². The zero-order chi connectivity index (χ0) is 26.2. The SMILES string of the molecule is CN1C=CN(c2[c-]c(Oc3[c-]c(N(c4ccccc4)c4ccccn4)c4oc5ccccc5c4c3)ccc2)[CH-]1.[Pt]. The van der Waals surface area contributed by atoms with E-state index in [2.05, 4.69) is 23.2 Å².